The molecular formula is C14H18N4O3S. The predicted octanol–water partition coefficient (Wildman–Crippen LogP) is 1.82. The number of morpholine rings is 1. The van der Waals surface area contributed by atoms with Gasteiger partial charge < -0.3 is 18.9 Å². The summed E-state index contributed by atoms with van der Waals surface area (Å²) >= 11 is 1.52. The van der Waals surface area contributed by atoms with Gasteiger partial charge in [-0.2, -0.15) is 0 Å². The molecule has 0 radical (unpaired) electrons. The van der Waals surface area contributed by atoms with Crippen LogP contribution in [0.25, 0.3) is 10.7 Å². The van der Waals surface area contributed by atoms with Gasteiger partial charge >= 0.3 is 0 Å². The van der Waals surface area contributed by atoms with Gasteiger partial charge in [0.2, 0.25) is 5.13 Å². The van der Waals surface area contributed by atoms with Gasteiger partial charge in [-0.15, -0.1) is 10.2 Å². The number of hydrogen-bond donors (Lipinski definition) is 0. The molecule has 2 aromatic rings. The Morgan fingerprint density at radius 3 is 3.09 bits per heavy atom. The largest absolute Gasteiger partial charge is 0.378 e. The van der Waals surface area contributed by atoms with Crippen LogP contribution in [0.1, 0.15) is 12.8 Å². The van der Waals surface area contributed by atoms with Crippen molar-refractivity contribution >= 4 is 16.5 Å². The monoisotopic (exact) mass is 322 g/mol. The maximum absolute atomic E-state index is 5.77. The zero-order valence-electron chi connectivity index (χ0n) is 12.2. The van der Waals surface area contributed by atoms with Crippen LogP contribution in [0, 0.1) is 5.92 Å². The Balaban J connectivity index is 1.35. The summed E-state index contributed by atoms with van der Waals surface area (Å²) in [5, 5.41) is 14.0. The van der Waals surface area contributed by atoms with Crippen molar-refractivity contribution in [1.82, 2.24) is 15.4 Å². The number of anilines is 1. The summed E-state index contributed by atoms with van der Waals surface area (Å²) in [6, 6.07) is 1.79. The van der Waals surface area contributed by atoms with Gasteiger partial charge in [0.1, 0.15) is 12.0 Å². The van der Waals surface area contributed by atoms with Gasteiger partial charge in [0.15, 0.2) is 5.01 Å². The Morgan fingerprint density at radius 1 is 1.32 bits per heavy atom. The zero-order chi connectivity index (χ0) is 14.8. The number of nitrogens with zero attached hydrogens (tertiary/aromatic N) is 4. The lowest BCUT2D eigenvalue weighted by Crippen LogP contribution is -2.44. The van der Waals surface area contributed by atoms with Crippen molar-refractivity contribution < 1.29 is 14.0 Å². The lowest BCUT2D eigenvalue weighted by molar-refractivity contribution is -0.0258. The van der Waals surface area contributed by atoms with Crippen molar-refractivity contribution in [2.75, 3.05) is 37.8 Å². The quantitative estimate of drug-likeness (QED) is 0.803. The third-order valence-corrected chi connectivity index (χ3v) is 4.84. The minimum absolute atomic E-state index is 0.104. The predicted molar refractivity (Wildman–Crippen MR) is 80.9 cm³/mol. The van der Waals surface area contributed by atoms with Crippen LogP contribution < -0.4 is 4.90 Å². The Labute approximate surface area is 132 Å². The number of rotatable bonds is 6. The smallest absolute Gasteiger partial charge is 0.208 e. The standard InChI is InChI=1S/C14H18N4O3S/c1-2-10(1)8-19-9-11-7-18(4-6-20-11)14-16-15-13(22-14)12-3-5-21-17-12/h3,5,10-11H,1-2,4,6-9H2. The molecule has 4 rings (SSSR count). The third kappa shape index (κ3) is 3.29. The van der Waals surface area contributed by atoms with Crippen molar-refractivity contribution in [1.29, 1.82) is 0 Å². The highest BCUT2D eigenvalue weighted by Crippen LogP contribution is 2.30. The van der Waals surface area contributed by atoms with Crippen molar-refractivity contribution in [2.45, 2.75) is 18.9 Å². The summed E-state index contributed by atoms with van der Waals surface area (Å²) in [6.07, 6.45) is 4.27. The fourth-order valence-corrected chi connectivity index (χ4v) is 3.26. The van der Waals surface area contributed by atoms with E-state index in [4.69, 9.17) is 14.0 Å². The molecule has 8 heteroatoms. The fourth-order valence-electron chi connectivity index (χ4n) is 2.41. The molecule has 0 amide bonds. The van der Waals surface area contributed by atoms with Crippen molar-refractivity contribution in [3.8, 4) is 10.7 Å². The third-order valence-electron chi connectivity index (χ3n) is 3.83. The molecule has 0 N–H and O–H groups in total. The Morgan fingerprint density at radius 2 is 2.27 bits per heavy atom. The van der Waals surface area contributed by atoms with E-state index in [9.17, 15) is 0 Å². The molecule has 1 aliphatic heterocycles. The summed E-state index contributed by atoms with van der Waals surface area (Å²) in [4.78, 5) is 2.20. The van der Waals surface area contributed by atoms with E-state index in [0.717, 1.165) is 41.4 Å². The van der Waals surface area contributed by atoms with Crippen molar-refractivity contribution in [3.05, 3.63) is 12.3 Å². The molecule has 0 bridgehead atoms. The van der Waals surface area contributed by atoms with Crippen LogP contribution in [0.3, 0.4) is 0 Å². The van der Waals surface area contributed by atoms with Crippen LogP contribution in [-0.4, -0.2) is 54.4 Å². The van der Waals surface area contributed by atoms with E-state index in [2.05, 4.69) is 20.3 Å². The maximum Gasteiger partial charge on any atom is 0.208 e. The second-order valence-corrected chi connectivity index (χ2v) is 6.65. The molecule has 1 aliphatic carbocycles. The zero-order valence-corrected chi connectivity index (χ0v) is 13.0. The molecule has 1 saturated carbocycles. The van der Waals surface area contributed by atoms with Gasteiger partial charge in [0.05, 0.1) is 19.3 Å². The van der Waals surface area contributed by atoms with Gasteiger partial charge in [0, 0.05) is 25.8 Å². The van der Waals surface area contributed by atoms with Crippen molar-refractivity contribution in [3.63, 3.8) is 0 Å². The van der Waals surface area contributed by atoms with Crippen molar-refractivity contribution in [2.24, 2.45) is 5.92 Å². The van der Waals surface area contributed by atoms with Crippen LogP contribution in [-0.2, 0) is 9.47 Å². The van der Waals surface area contributed by atoms with E-state index in [1.807, 2.05) is 0 Å². The Kier molecular flexibility index (Phi) is 4.05. The first-order valence-electron chi connectivity index (χ1n) is 7.57. The molecule has 1 atom stereocenters. The van der Waals surface area contributed by atoms with Gasteiger partial charge in [-0.1, -0.05) is 16.5 Å². The van der Waals surface area contributed by atoms with E-state index < -0.39 is 0 Å². The summed E-state index contributed by atoms with van der Waals surface area (Å²) in [5.74, 6) is 0.785. The van der Waals surface area contributed by atoms with Crippen LogP contribution >= 0.6 is 11.3 Å². The summed E-state index contributed by atoms with van der Waals surface area (Å²) in [5.41, 5.74) is 0.723. The van der Waals surface area contributed by atoms with Gasteiger partial charge in [-0.05, 0) is 18.8 Å². The van der Waals surface area contributed by atoms with Gasteiger partial charge in [-0.3, -0.25) is 0 Å². The maximum atomic E-state index is 5.77. The molecule has 1 saturated heterocycles. The fraction of sp³-hybridized carbons (Fsp3) is 0.643. The topological polar surface area (TPSA) is 73.5 Å². The van der Waals surface area contributed by atoms with Crippen LogP contribution in [0.15, 0.2) is 16.9 Å². The number of hydrogen-bond acceptors (Lipinski definition) is 8. The molecule has 2 aromatic heterocycles. The first-order chi connectivity index (χ1) is 10.9. The minimum Gasteiger partial charge on any atom is -0.378 e. The second kappa shape index (κ2) is 6.31. The van der Waals surface area contributed by atoms with Crippen LogP contribution in [0.2, 0.25) is 0 Å². The first-order valence-corrected chi connectivity index (χ1v) is 8.38. The average Bonchev–Trinajstić information content (AvgIpc) is 3.05. The highest BCUT2D eigenvalue weighted by molar-refractivity contribution is 7.18. The molecule has 7 nitrogen and oxygen atoms in total. The van der Waals surface area contributed by atoms with Crippen LogP contribution in [0.5, 0.6) is 0 Å². The summed E-state index contributed by atoms with van der Waals surface area (Å²) in [6.45, 7) is 3.83. The lowest BCUT2D eigenvalue weighted by atomic mass is 10.3. The molecule has 1 unspecified atom stereocenters. The first kappa shape index (κ1) is 14.1. The van der Waals surface area contributed by atoms with E-state index >= 15 is 0 Å². The SMILES string of the molecule is c1cc(-c2nnc(N3CCOC(COCC4CC4)C3)s2)no1. The molecule has 3 heterocycles. The lowest BCUT2D eigenvalue weighted by Gasteiger charge is -2.32. The van der Waals surface area contributed by atoms with Crippen LogP contribution in [0.4, 0.5) is 5.13 Å². The Bertz CT molecular complexity index is 599. The average molecular weight is 322 g/mol. The molecule has 118 valence electrons. The highest BCUT2D eigenvalue weighted by atomic mass is 32.1. The van der Waals surface area contributed by atoms with E-state index in [-0.39, 0.29) is 6.10 Å². The molecule has 0 aromatic carbocycles. The van der Waals surface area contributed by atoms with Gasteiger partial charge in [0.25, 0.3) is 0 Å². The molecule has 22 heavy (non-hydrogen) atoms. The van der Waals surface area contributed by atoms with E-state index in [1.165, 1.54) is 24.2 Å². The normalized spacial score (nSPS) is 22.2. The summed E-state index contributed by atoms with van der Waals surface area (Å²) < 4.78 is 16.4. The summed E-state index contributed by atoms with van der Waals surface area (Å²) in [7, 11) is 0. The number of aromatic nitrogens is 3. The minimum atomic E-state index is 0.104. The molecule has 2 fully saturated rings. The van der Waals surface area contributed by atoms with E-state index in [1.54, 1.807) is 12.3 Å². The Hall–Kier alpha value is -1.51. The number of ether oxygens (including phenoxy) is 2. The molecule has 0 spiro atoms. The highest BCUT2D eigenvalue weighted by Gasteiger charge is 2.26. The second-order valence-electron chi connectivity index (χ2n) is 5.69. The van der Waals surface area contributed by atoms with Gasteiger partial charge in [-0.25, -0.2) is 0 Å². The van der Waals surface area contributed by atoms with E-state index in [0.29, 0.717) is 13.2 Å². The molecular weight excluding hydrogens is 304 g/mol. The molecule has 2 aliphatic rings.